The Hall–Kier alpha value is -1.61. The van der Waals surface area contributed by atoms with Crippen LogP contribution in [0.15, 0.2) is 47.7 Å². The Morgan fingerprint density at radius 1 is 1.25 bits per heavy atom. The van der Waals surface area contributed by atoms with Gasteiger partial charge in [-0.2, -0.15) is 5.10 Å². The van der Waals surface area contributed by atoms with Crippen molar-refractivity contribution in [1.82, 2.24) is 20.4 Å². The summed E-state index contributed by atoms with van der Waals surface area (Å²) in [7, 11) is 1.78. The van der Waals surface area contributed by atoms with E-state index in [-0.39, 0.29) is 24.0 Å². The number of aliphatic imine (C=N–C) groups is 1. The number of nitrogens with zero attached hydrogens (tertiary/aromatic N) is 3. The fourth-order valence-electron chi connectivity index (χ4n) is 2.12. The Morgan fingerprint density at radius 2 is 2.04 bits per heavy atom. The minimum atomic E-state index is 0. The van der Waals surface area contributed by atoms with Crippen LogP contribution in [0, 0.1) is 0 Å². The lowest BCUT2D eigenvalue weighted by Gasteiger charge is -2.12. The fraction of sp³-hybridized carbons (Fsp3) is 0.412. The maximum Gasteiger partial charge on any atom is 0.191 e. The Labute approximate surface area is 160 Å². The largest absolute Gasteiger partial charge is 0.382 e. The molecule has 2 N–H and O–H groups in total. The van der Waals surface area contributed by atoms with Crippen LogP contribution < -0.4 is 10.6 Å². The summed E-state index contributed by atoms with van der Waals surface area (Å²) in [4.78, 5) is 4.22. The highest BCUT2D eigenvalue weighted by Crippen LogP contribution is 2.08. The molecule has 7 heteroatoms. The lowest BCUT2D eigenvalue weighted by atomic mass is 10.2. The van der Waals surface area contributed by atoms with Crippen LogP contribution >= 0.6 is 24.0 Å². The smallest absolute Gasteiger partial charge is 0.191 e. The van der Waals surface area contributed by atoms with E-state index in [0.29, 0.717) is 0 Å². The van der Waals surface area contributed by atoms with Gasteiger partial charge in [-0.1, -0.05) is 12.1 Å². The molecule has 0 saturated carbocycles. The van der Waals surface area contributed by atoms with Crippen LogP contribution in [-0.4, -0.2) is 42.5 Å². The zero-order chi connectivity index (χ0) is 16.3. The van der Waals surface area contributed by atoms with Crippen molar-refractivity contribution in [1.29, 1.82) is 0 Å². The molecular formula is C17H26IN5O. The lowest BCUT2D eigenvalue weighted by Crippen LogP contribution is -2.37. The second-order valence-electron chi connectivity index (χ2n) is 5.02. The first-order chi connectivity index (χ1) is 11.3. The number of nitrogens with one attached hydrogen (secondary N) is 2. The molecule has 132 valence electrons. The van der Waals surface area contributed by atoms with Gasteiger partial charge in [0.15, 0.2) is 5.96 Å². The number of hydrogen-bond donors (Lipinski definition) is 2. The van der Waals surface area contributed by atoms with Crippen molar-refractivity contribution in [3.63, 3.8) is 0 Å². The van der Waals surface area contributed by atoms with Gasteiger partial charge in [0, 0.05) is 45.7 Å². The molecule has 0 bridgehead atoms. The van der Waals surface area contributed by atoms with Gasteiger partial charge in [-0.25, -0.2) is 4.68 Å². The van der Waals surface area contributed by atoms with E-state index in [0.717, 1.165) is 44.4 Å². The van der Waals surface area contributed by atoms with Gasteiger partial charge in [0.05, 0.1) is 5.69 Å². The van der Waals surface area contributed by atoms with Gasteiger partial charge >= 0.3 is 0 Å². The van der Waals surface area contributed by atoms with Gasteiger partial charge < -0.3 is 15.4 Å². The average molecular weight is 443 g/mol. The van der Waals surface area contributed by atoms with Crippen molar-refractivity contribution >= 4 is 29.9 Å². The highest BCUT2D eigenvalue weighted by Gasteiger charge is 2.00. The van der Waals surface area contributed by atoms with Gasteiger partial charge in [0.25, 0.3) is 0 Å². The third-order valence-corrected chi connectivity index (χ3v) is 3.35. The predicted octanol–water partition coefficient (Wildman–Crippen LogP) is 2.58. The average Bonchev–Trinajstić information content (AvgIpc) is 3.12. The Morgan fingerprint density at radius 3 is 2.67 bits per heavy atom. The minimum absolute atomic E-state index is 0. The second kappa shape index (κ2) is 11.9. The van der Waals surface area contributed by atoms with Gasteiger partial charge in [0.2, 0.25) is 0 Å². The summed E-state index contributed by atoms with van der Waals surface area (Å²) in [6.45, 7) is 5.12. The van der Waals surface area contributed by atoms with Crippen molar-refractivity contribution in [3.8, 4) is 5.69 Å². The van der Waals surface area contributed by atoms with Gasteiger partial charge in [-0.3, -0.25) is 4.99 Å². The Kier molecular flexibility index (Phi) is 10.1. The topological polar surface area (TPSA) is 63.5 Å². The van der Waals surface area contributed by atoms with E-state index in [1.165, 1.54) is 5.56 Å². The number of rotatable bonds is 8. The van der Waals surface area contributed by atoms with Crippen LogP contribution in [0.1, 0.15) is 18.9 Å². The summed E-state index contributed by atoms with van der Waals surface area (Å²) in [5.74, 6) is 0.803. The molecule has 0 fully saturated rings. The van der Waals surface area contributed by atoms with E-state index < -0.39 is 0 Å². The van der Waals surface area contributed by atoms with E-state index >= 15 is 0 Å². The molecule has 0 unspecified atom stereocenters. The summed E-state index contributed by atoms with van der Waals surface area (Å²) in [6, 6.07) is 10.2. The molecular weight excluding hydrogens is 417 g/mol. The van der Waals surface area contributed by atoms with Crippen LogP contribution in [0.4, 0.5) is 0 Å². The van der Waals surface area contributed by atoms with E-state index in [1.54, 1.807) is 13.2 Å². The van der Waals surface area contributed by atoms with E-state index in [4.69, 9.17) is 4.74 Å². The molecule has 0 spiro atoms. The van der Waals surface area contributed by atoms with Crippen LogP contribution in [0.2, 0.25) is 0 Å². The highest BCUT2D eigenvalue weighted by molar-refractivity contribution is 14.0. The maximum atomic E-state index is 5.31. The molecule has 0 aliphatic heterocycles. The molecule has 1 heterocycles. The predicted molar refractivity (Wildman–Crippen MR) is 108 cm³/mol. The molecule has 0 aliphatic carbocycles. The number of aromatic nitrogens is 2. The summed E-state index contributed by atoms with van der Waals surface area (Å²) >= 11 is 0. The number of benzene rings is 1. The van der Waals surface area contributed by atoms with Crippen LogP contribution in [0.3, 0.4) is 0 Å². The summed E-state index contributed by atoms with van der Waals surface area (Å²) < 4.78 is 7.16. The lowest BCUT2D eigenvalue weighted by molar-refractivity contribution is 0.145. The molecule has 2 rings (SSSR count). The summed E-state index contributed by atoms with van der Waals surface area (Å²) in [6.07, 6.45) is 4.67. The van der Waals surface area contributed by atoms with E-state index in [2.05, 4.69) is 45.0 Å². The quantitative estimate of drug-likeness (QED) is 0.285. The standard InChI is InChI=1S/C17H25N5O.HI/c1-3-23-13-5-10-19-17(18-2)20-14-15-6-8-16(9-7-15)22-12-4-11-21-22;/h4,6-9,11-12H,3,5,10,13-14H2,1-2H3,(H2,18,19,20);1H. The number of ether oxygens (including phenoxy) is 1. The first-order valence-electron chi connectivity index (χ1n) is 7.94. The highest BCUT2D eigenvalue weighted by atomic mass is 127. The fourth-order valence-corrected chi connectivity index (χ4v) is 2.12. The molecule has 1 aromatic heterocycles. The first kappa shape index (κ1) is 20.4. The number of halogens is 1. The number of hydrogen-bond acceptors (Lipinski definition) is 3. The van der Waals surface area contributed by atoms with Crippen molar-refractivity contribution in [2.75, 3.05) is 26.8 Å². The third kappa shape index (κ3) is 6.88. The summed E-state index contributed by atoms with van der Waals surface area (Å²) in [5, 5.41) is 10.8. The van der Waals surface area contributed by atoms with Crippen LogP contribution in [0.25, 0.3) is 5.69 Å². The Balaban J connectivity index is 0.00000288. The molecule has 6 nitrogen and oxygen atoms in total. The van der Waals surface area contributed by atoms with Crippen molar-refractivity contribution < 1.29 is 4.74 Å². The first-order valence-corrected chi connectivity index (χ1v) is 7.94. The number of guanidine groups is 1. The van der Waals surface area contributed by atoms with Crippen molar-refractivity contribution in [3.05, 3.63) is 48.3 Å². The SMILES string of the molecule is CCOCCCNC(=NC)NCc1ccc(-n2cccn2)cc1.I. The van der Waals surface area contributed by atoms with Crippen LogP contribution in [0.5, 0.6) is 0 Å². The van der Waals surface area contributed by atoms with Crippen molar-refractivity contribution in [2.24, 2.45) is 4.99 Å². The second-order valence-corrected chi connectivity index (χ2v) is 5.02. The summed E-state index contributed by atoms with van der Waals surface area (Å²) in [5.41, 5.74) is 2.25. The van der Waals surface area contributed by atoms with E-state index in [9.17, 15) is 0 Å². The van der Waals surface area contributed by atoms with Gasteiger partial charge in [-0.05, 0) is 37.1 Å². The third-order valence-electron chi connectivity index (χ3n) is 3.35. The molecule has 1 aromatic carbocycles. The van der Waals surface area contributed by atoms with E-state index in [1.807, 2.05) is 23.9 Å². The molecule has 2 aromatic rings. The molecule has 0 saturated heterocycles. The molecule has 24 heavy (non-hydrogen) atoms. The minimum Gasteiger partial charge on any atom is -0.382 e. The van der Waals surface area contributed by atoms with Gasteiger partial charge in [-0.15, -0.1) is 24.0 Å². The molecule has 0 radical (unpaired) electrons. The molecule has 0 aliphatic rings. The molecule has 0 amide bonds. The zero-order valence-corrected chi connectivity index (χ0v) is 16.6. The molecule has 0 atom stereocenters. The Bertz CT molecular complexity index is 584. The van der Waals surface area contributed by atoms with Crippen molar-refractivity contribution in [2.45, 2.75) is 19.9 Å². The van der Waals surface area contributed by atoms with Gasteiger partial charge in [0.1, 0.15) is 0 Å². The maximum absolute atomic E-state index is 5.31. The monoisotopic (exact) mass is 443 g/mol. The van der Waals surface area contributed by atoms with Crippen LogP contribution in [-0.2, 0) is 11.3 Å². The normalized spacial score (nSPS) is 11.0. The zero-order valence-electron chi connectivity index (χ0n) is 14.2.